The first-order valence-corrected chi connectivity index (χ1v) is 18.7. The summed E-state index contributed by atoms with van der Waals surface area (Å²) in [6, 6.07) is 71.1. The fourth-order valence-electron chi connectivity index (χ4n) is 8.22. The molecule has 0 bridgehead atoms. The zero-order chi connectivity index (χ0) is 36.3. The summed E-state index contributed by atoms with van der Waals surface area (Å²) in [4.78, 5) is 2.38. The summed E-state index contributed by atoms with van der Waals surface area (Å²) in [6.07, 6.45) is 0. The van der Waals surface area contributed by atoms with Crippen LogP contribution in [0.4, 0.5) is 17.1 Å². The Kier molecular flexibility index (Phi) is 7.17. The van der Waals surface area contributed by atoms with E-state index in [1.807, 2.05) is 12.1 Å². The predicted molar refractivity (Wildman–Crippen MR) is 229 cm³/mol. The largest absolute Gasteiger partial charge is 0.456 e. The normalized spacial score (nSPS) is 11.6. The van der Waals surface area contributed by atoms with Crippen molar-refractivity contribution in [2.75, 3.05) is 4.90 Å². The molecule has 3 heteroatoms. The average Bonchev–Trinajstić information content (AvgIpc) is 3.81. The second-order valence-electron chi connectivity index (χ2n) is 14.1. The summed E-state index contributed by atoms with van der Waals surface area (Å²) in [5, 5.41) is 6.83. The van der Waals surface area contributed by atoms with E-state index in [1.54, 1.807) is 0 Å². The van der Waals surface area contributed by atoms with Crippen molar-refractivity contribution in [1.29, 1.82) is 0 Å². The molecule has 258 valence electrons. The maximum Gasteiger partial charge on any atom is 0.136 e. The molecular formula is C52H33NO2. The summed E-state index contributed by atoms with van der Waals surface area (Å²) in [7, 11) is 0. The molecule has 0 atom stereocenters. The maximum absolute atomic E-state index is 6.54. The number of benzene rings is 9. The first kappa shape index (κ1) is 31.2. The standard InChI is InChI=1S/C52H33NO2/c1-2-12-34(13-3-1)35-24-27-40(28-25-35)53(41-17-10-16-36(30-41)39-26-29-49-45(31-39)43-19-7-9-22-48(43)54-49)47-21-8-6-18-42(47)44-20-11-23-50-52(44)46-32-37-14-4-5-15-38(37)33-51(46)55-50/h1-33H. The number of rotatable bonds is 6. The van der Waals surface area contributed by atoms with E-state index in [0.29, 0.717) is 0 Å². The van der Waals surface area contributed by atoms with Gasteiger partial charge < -0.3 is 13.7 Å². The van der Waals surface area contributed by atoms with Crippen molar-refractivity contribution in [1.82, 2.24) is 0 Å². The Hall–Kier alpha value is -7.36. The third kappa shape index (κ3) is 5.28. The highest BCUT2D eigenvalue weighted by atomic mass is 16.3. The lowest BCUT2D eigenvalue weighted by molar-refractivity contribution is 0.669. The van der Waals surface area contributed by atoms with Crippen LogP contribution in [0.1, 0.15) is 0 Å². The van der Waals surface area contributed by atoms with E-state index in [4.69, 9.17) is 8.83 Å². The van der Waals surface area contributed by atoms with Gasteiger partial charge in [-0.25, -0.2) is 0 Å². The number of para-hydroxylation sites is 2. The van der Waals surface area contributed by atoms with Gasteiger partial charge in [0.05, 0.1) is 5.69 Å². The van der Waals surface area contributed by atoms with E-state index in [-0.39, 0.29) is 0 Å². The first-order valence-electron chi connectivity index (χ1n) is 18.7. The highest BCUT2D eigenvalue weighted by Gasteiger charge is 2.21. The molecule has 2 heterocycles. The first-order chi connectivity index (χ1) is 27.2. The minimum Gasteiger partial charge on any atom is -0.456 e. The van der Waals surface area contributed by atoms with E-state index in [1.165, 1.54) is 21.9 Å². The Morgan fingerprint density at radius 2 is 0.927 bits per heavy atom. The summed E-state index contributed by atoms with van der Waals surface area (Å²) in [5.74, 6) is 0. The van der Waals surface area contributed by atoms with Gasteiger partial charge in [-0.15, -0.1) is 0 Å². The molecule has 0 N–H and O–H groups in total. The summed E-state index contributed by atoms with van der Waals surface area (Å²) < 4.78 is 12.7. The molecule has 0 radical (unpaired) electrons. The van der Waals surface area contributed by atoms with Gasteiger partial charge in [0.25, 0.3) is 0 Å². The van der Waals surface area contributed by atoms with E-state index in [2.05, 4.69) is 193 Å². The zero-order valence-electron chi connectivity index (χ0n) is 29.8. The van der Waals surface area contributed by atoms with Crippen LogP contribution in [0.25, 0.3) is 88.0 Å². The maximum atomic E-state index is 6.54. The topological polar surface area (TPSA) is 29.5 Å². The van der Waals surface area contributed by atoms with Gasteiger partial charge in [0.1, 0.15) is 22.3 Å². The fraction of sp³-hybridized carbons (Fsp3) is 0. The minimum atomic E-state index is 0.875. The van der Waals surface area contributed by atoms with Crippen molar-refractivity contribution in [2.45, 2.75) is 0 Å². The Morgan fingerprint density at radius 1 is 0.309 bits per heavy atom. The molecule has 0 saturated heterocycles. The van der Waals surface area contributed by atoms with Gasteiger partial charge in [-0.05, 0) is 105 Å². The molecule has 55 heavy (non-hydrogen) atoms. The fourth-order valence-corrected chi connectivity index (χ4v) is 8.22. The Labute approximate surface area is 317 Å². The molecule has 0 aliphatic heterocycles. The van der Waals surface area contributed by atoms with Crippen molar-refractivity contribution in [2.24, 2.45) is 0 Å². The minimum absolute atomic E-state index is 0.875. The van der Waals surface area contributed by atoms with Crippen molar-refractivity contribution in [3.8, 4) is 33.4 Å². The molecule has 0 aliphatic carbocycles. The highest BCUT2D eigenvalue weighted by Crippen LogP contribution is 2.46. The monoisotopic (exact) mass is 703 g/mol. The third-order valence-electron chi connectivity index (χ3n) is 10.8. The Bertz CT molecular complexity index is 3210. The van der Waals surface area contributed by atoms with Crippen LogP contribution in [0.15, 0.2) is 209 Å². The van der Waals surface area contributed by atoms with E-state index in [9.17, 15) is 0 Å². The third-order valence-corrected chi connectivity index (χ3v) is 10.8. The Morgan fingerprint density at radius 3 is 1.82 bits per heavy atom. The second-order valence-corrected chi connectivity index (χ2v) is 14.1. The quantitative estimate of drug-likeness (QED) is 0.173. The smallest absolute Gasteiger partial charge is 0.136 e. The molecule has 0 aliphatic rings. The lowest BCUT2D eigenvalue weighted by atomic mass is 9.95. The molecule has 2 aromatic heterocycles. The molecule has 3 nitrogen and oxygen atoms in total. The average molecular weight is 704 g/mol. The van der Waals surface area contributed by atoms with Gasteiger partial charge >= 0.3 is 0 Å². The molecule has 0 fully saturated rings. The van der Waals surface area contributed by atoms with Gasteiger partial charge in [-0.2, -0.15) is 0 Å². The van der Waals surface area contributed by atoms with E-state index >= 15 is 0 Å². The number of hydrogen-bond donors (Lipinski definition) is 0. The lowest BCUT2D eigenvalue weighted by Gasteiger charge is -2.28. The van der Waals surface area contributed by atoms with Crippen LogP contribution in [0, 0.1) is 0 Å². The van der Waals surface area contributed by atoms with Gasteiger partial charge in [0.2, 0.25) is 0 Å². The summed E-state index contributed by atoms with van der Waals surface area (Å²) in [6.45, 7) is 0. The summed E-state index contributed by atoms with van der Waals surface area (Å²) in [5.41, 5.74) is 13.6. The Balaban J connectivity index is 1.11. The number of anilines is 3. The molecule has 11 rings (SSSR count). The van der Waals surface area contributed by atoms with Crippen LogP contribution in [-0.4, -0.2) is 0 Å². The SMILES string of the molecule is c1ccc(-c2ccc(N(c3cccc(-c4ccc5oc6ccccc6c5c4)c3)c3ccccc3-c3cccc4oc5cc6ccccc6cc5c34)cc2)cc1. The van der Waals surface area contributed by atoms with Crippen molar-refractivity contribution in [3.05, 3.63) is 200 Å². The molecule has 9 aromatic carbocycles. The van der Waals surface area contributed by atoms with Gasteiger partial charge in [0.15, 0.2) is 0 Å². The molecule has 0 amide bonds. The molecule has 0 spiro atoms. The van der Waals surface area contributed by atoms with Gasteiger partial charge in [-0.3, -0.25) is 0 Å². The van der Waals surface area contributed by atoms with Crippen LogP contribution < -0.4 is 4.90 Å². The second kappa shape index (κ2) is 12.6. The van der Waals surface area contributed by atoms with Crippen LogP contribution in [0.5, 0.6) is 0 Å². The van der Waals surface area contributed by atoms with E-state index in [0.717, 1.165) is 83.2 Å². The van der Waals surface area contributed by atoms with Crippen LogP contribution >= 0.6 is 0 Å². The van der Waals surface area contributed by atoms with Gasteiger partial charge in [-0.1, -0.05) is 133 Å². The van der Waals surface area contributed by atoms with Gasteiger partial charge in [0, 0.05) is 38.5 Å². The highest BCUT2D eigenvalue weighted by molar-refractivity contribution is 6.16. The number of hydrogen-bond acceptors (Lipinski definition) is 3. The zero-order valence-corrected chi connectivity index (χ0v) is 29.8. The van der Waals surface area contributed by atoms with Crippen LogP contribution in [0.3, 0.4) is 0 Å². The predicted octanol–water partition coefficient (Wildman–Crippen LogP) is 15.1. The number of furan rings is 2. The number of nitrogens with zero attached hydrogens (tertiary/aromatic N) is 1. The van der Waals surface area contributed by atoms with Crippen molar-refractivity contribution in [3.63, 3.8) is 0 Å². The van der Waals surface area contributed by atoms with Crippen molar-refractivity contribution < 1.29 is 8.83 Å². The molecular weight excluding hydrogens is 671 g/mol. The molecule has 0 unspecified atom stereocenters. The van der Waals surface area contributed by atoms with Crippen LogP contribution in [0.2, 0.25) is 0 Å². The van der Waals surface area contributed by atoms with Crippen LogP contribution in [-0.2, 0) is 0 Å². The lowest BCUT2D eigenvalue weighted by Crippen LogP contribution is -2.11. The van der Waals surface area contributed by atoms with E-state index < -0.39 is 0 Å². The molecule has 0 saturated carbocycles. The summed E-state index contributed by atoms with van der Waals surface area (Å²) >= 11 is 0. The number of fused-ring (bicyclic) bond motifs is 7. The molecule has 11 aromatic rings. The van der Waals surface area contributed by atoms with Crippen molar-refractivity contribution >= 4 is 71.7 Å².